The first-order valence-electron chi connectivity index (χ1n) is 5.45. The zero-order chi connectivity index (χ0) is 11.3. The second kappa shape index (κ2) is 5.56. The molecule has 3 nitrogen and oxygen atoms in total. The van der Waals surface area contributed by atoms with Gasteiger partial charge in [-0.25, -0.2) is 4.98 Å². The minimum Gasteiger partial charge on any atom is -0.332 e. The van der Waals surface area contributed by atoms with E-state index >= 15 is 0 Å². The van der Waals surface area contributed by atoms with E-state index in [0.717, 1.165) is 12.2 Å². The van der Waals surface area contributed by atoms with E-state index in [4.69, 9.17) is 5.73 Å². The van der Waals surface area contributed by atoms with E-state index in [1.165, 1.54) is 12.8 Å². The maximum atomic E-state index is 5.67. The number of aromatic nitrogens is 2. The molecule has 0 aliphatic heterocycles. The molecule has 4 heteroatoms. The van der Waals surface area contributed by atoms with Crippen LogP contribution in [0.5, 0.6) is 0 Å². The molecule has 15 heavy (non-hydrogen) atoms. The Kier molecular flexibility index (Phi) is 4.67. The second-order valence-electron chi connectivity index (χ2n) is 3.81. The number of nitrogens with zero attached hydrogens (tertiary/aromatic N) is 2. The molecule has 0 unspecified atom stereocenters. The van der Waals surface area contributed by atoms with Crippen molar-refractivity contribution in [1.82, 2.24) is 9.55 Å². The van der Waals surface area contributed by atoms with Crippen molar-refractivity contribution in [2.24, 2.45) is 5.73 Å². The highest BCUT2D eigenvalue weighted by atomic mass is 32.2. The highest BCUT2D eigenvalue weighted by Crippen LogP contribution is 2.32. The summed E-state index contributed by atoms with van der Waals surface area (Å²) in [4.78, 5) is 4.15. The minimum absolute atomic E-state index is 0.324. The van der Waals surface area contributed by atoms with Gasteiger partial charge in [-0.05, 0) is 19.1 Å². The van der Waals surface area contributed by atoms with Gasteiger partial charge in [0, 0.05) is 24.0 Å². The monoisotopic (exact) mass is 227 g/mol. The molecular weight excluding hydrogens is 206 g/mol. The number of hydrogen-bond donors (Lipinski definition) is 1. The van der Waals surface area contributed by atoms with Crippen LogP contribution >= 0.6 is 11.8 Å². The fourth-order valence-electron chi connectivity index (χ4n) is 1.80. The molecule has 1 rings (SSSR count). The van der Waals surface area contributed by atoms with Crippen LogP contribution < -0.4 is 5.73 Å². The van der Waals surface area contributed by atoms with Crippen LogP contribution in [0, 0.1) is 0 Å². The molecule has 1 aromatic rings. The number of hydrogen-bond acceptors (Lipinski definition) is 3. The SMILES string of the molecule is CCC(CC)(Cn1cncc1CN)SC. The molecule has 0 atom stereocenters. The van der Waals surface area contributed by atoms with Crippen LogP contribution in [0.15, 0.2) is 12.5 Å². The van der Waals surface area contributed by atoms with Crippen LogP contribution in [-0.4, -0.2) is 20.6 Å². The summed E-state index contributed by atoms with van der Waals surface area (Å²) in [5.41, 5.74) is 6.79. The van der Waals surface area contributed by atoms with Crippen molar-refractivity contribution < 1.29 is 0 Å². The van der Waals surface area contributed by atoms with Gasteiger partial charge in [0.1, 0.15) is 0 Å². The first-order chi connectivity index (χ1) is 7.21. The fraction of sp³-hybridized carbons (Fsp3) is 0.727. The molecule has 0 radical (unpaired) electrons. The van der Waals surface area contributed by atoms with Gasteiger partial charge in [0.15, 0.2) is 0 Å². The maximum Gasteiger partial charge on any atom is 0.0949 e. The molecule has 1 aromatic heterocycles. The summed E-state index contributed by atoms with van der Waals surface area (Å²) in [6, 6.07) is 0. The van der Waals surface area contributed by atoms with Gasteiger partial charge < -0.3 is 10.3 Å². The maximum absolute atomic E-state index is 5.67. The molecular formula is C11H21N3S. The van der Waals surface area contributed by atoms with Gasteiger partial charge in [-0.15, -0.1) is 0 Å². The van der Waals surface area contributed by atoms with E-state index < -0.39 is 0 Å². The summed E-state index contributed by atoms with van der Waals surface area (Å²) >= 11 is 1.95. The van der Waals surface area contributed by atoms with Gasteiger partial charge in [0.2, 0.25) is 0 Å². The third-order valence-corrected chi connectivity index (χ3v) is 4.76. The fourth-order valence-corrected chi connectivity index (χ4v) is 2.64. The lowest BCUT2D eigenvalue weighted by molar-refractivity contribution is 0.458. The van der Waals surface area contributed by atoms with Crippen molar-refractivity contribution in [2.75, 3.05) is 6.26 Å². The Bertz CT molecular complexity index is 284. The zero-order valence-corrected chi connectivity index (χ0v) is 10.7. The molecule has 0 aliphatic rings. The van der Waals surface area contributed by atoms with Crippen LogP contribution in [0.4, 0.5) is 0 Å². The van der Waals surface area contributed by atoms with Gasteiger partial charge in [0.05, 0.1) is 12.0 Å². The third-order valence-electron chi connectivity index (χ3n) is 3.19. The Morgan fingerprint density at radius 3 is 2.60 bits per heavy atom. The van der Waals surface area contributed by atoms with Gasteiger partial charge in [-0.2, -0.15) is 11.8 Å². The molecule has 2 N–H and O–H groups in total. The molecule has 0 aliphatic carbocycles. The average Bonchev–Trinajstić information content (AvgIpc) is 2.73. The van der Waals surface area contributed by atoms with Crippen molar-refractivity contribution >= 4 is 11.8 Å². The van der Waals surface area contributed by atoms with E-state index in [1.54, 1.807) is 0 Å². The van der Waals surface area contributed by atoms with Crippen LogP contribution in [0.1, 0.15) is 32.4 Å². The molecule has 0 aromatic carbocycles. The van der Waals surface area contributed by atoms with Crippen molar-refractivity contribution in [2.45, 2.75) is 44.5 Å². The minimum atomic E-state index is 0.324. The molecule has 0 amide bonds. The first kappa shape index (κ1) is 12.6. The average molecular weight is 227 g/mol. The second-order valence-corrected chi connectivity index (χ2v) is 5.09. The van der Waals surface area contributed by atoms with Crippen LogP contribution in [0.3, 0.4) is 0 Å². The largest absolute Gasteiger partial charge is 0.332 e. The summed E-state index contributed by atoms with van der Waals surface area (Å²) in [5, 5.41) is 0. The molecule has 86 valence electrons. The quantitative estimate of drug-likeness (QED) is 0.810. The topological polar surface area (TPSA) is 43.8 Å². The van der Waals surface area contributed by atoms with Crippen molar-refractivity contribution in [3.05, 3.63) is 18.2 Å². The van der Waals surface area contributed by atoms with Gasteiger partial charge in [0.25, 0.3) is 0 Å². The van der Waals surface area contributed by atoms with Crippen molar-refractivity contribution in [1.29, 1.82) is 0 Å². The molecule has 0 bridgehead atoms. The standard InChI is InChI=1S/C11H21N3S/c1-4-11(5-2,15-3)8-14-9-13-7-10(14)6-12/h7,9H,4-6,8,12H2,1-3H3. The Morgan fingerprint density at radius 2 is 2.13 bits per heavy atom. The lowest BCUT2D eigenvalue weighted by Crippen LogP contribution is -2.29. The summed E-state index contributed by atoms with van der Waals surface area (Å²) in [7, 11) is 0. The summed E-state index contributed by atoms with van der Waals surface area (Å²) in [5.74, 6) is 0. The molecule has 0 fully saturated rings. The van der Waals surface area contributed by atoms with Crippen LogP contribution in [0.25, 0.3) is 0 Å². The molecule has 0 saturated carbocycles. The lowest BCUT2D eigenvalue weighted by Gasteiger charge is -2.30. The van der Waals surface area contributed by atoms with E-state index in [1.807, 2.05) is 24.3 Å². The summed E-state index contributed by atoms with van der Waals surface area (Å²) < 4.78 is 2.51. The molecule has 0 spiro atoms. The van der Waals surface area contributed by atoms with Gasteiger partial charge in [-0.1, -0.05) is 13.8 Å². The number of thioether (sulfide) groups is 1. The highest BCUT2D eigenvalue weighted by Gasteiger charge is 2.25. The Labute approximate surface area is 96.5 Å². The Morgan fingerprint density at radius 1 is 1.47 bits per heavy atom. The van der Waals surface area contributed by atoms with Gasteiger partial charge >= 0.3 is 0 Å². The lowest BCUT2D eigenvalue weighted by atomic mass is 10.0. The number of imidazole rings is 1. The zero-order valence-electron chi connectivity index (χ0n) is 9.86. The third kappa shape index (κ3) is 2.75. The van der Waals surface area contributed by atoms with Crippen molar-refractivity contribution in [3.8, 4) is 0 Å². The van der Waals surface area contributed by atoms with E-state index in [0.29, 0.717) is 11.3 Å². The summed E-state index contributed by atoms with van der Waals surface area (Å²) in [6.45, 7) is 6.07. The molecule has 0 saturated heterocycles. The van der Waals surface area contributed by atoms with Crippen molar-refractivity contribution in [3.63, 3.8) is 0 Å². The van der Waals surface area contributed by atoms with Crippen LogP contribution in [0.2, 0.25) is 0 Å². The molecule has 1 heterocycles. The van der Waals surface area contributed by atoms with E-state index in [9.17, 15) is 0 Å². The summed E-state index contributed by atoms with van der Waals surface area (Å²) in [6.07, 6.45) is 8.28. The smallest absolute Gasteiger partial charge is 0.0949 e. The number of rotatable bonds is 6. The van der Waals surface area contributed by atoms with E-state index in [2.05, 4.69) is 29.7 Å². The normalized spacial score (nSPS) is 12.0. The van der Waals surface area contributed by atoms with Gasteiger partial charge in [-0.3, -0.25) is 0 Å². The first-order valence-corrected chi connectivity index (χ1v) is 6.68. The number of nitrogens with two attached hydrogens (primary N) is 1. The Hall–Kier alpha value is -0.480. The Balaban J connectivity index is 2.82. The predicted molar refractivity (Wildman–Crippen MR) is 66.9 cm³/mol. The van der Waals surface area contributed by atoms with E-state index in [-0.39, 0.29) is 0 Å². The highest BCUT2D eigenvalue weighted by molar-refractivity contribution is 8.00. The predicted octanol–water partition coefficient (Wildman–Crippen LogP) is 2.26. The van der Waals surface area contributed by atoms with Crippen LogP contribution in [-0.2, 0) is 13.1 Å².